The van der Waals surface area contributed by atoms with Crippen LogP contribution < -0.4 is 5.32 Å². The second-order valence-electron chi connectivity index (χ2n) is 7.14. The lowest BCUT2D eigenvalue weighted by Crippen LogP contribution is -2.09. The monoisotopic (exact) mass is 369 g/mol. The SMILES string of the molecule is O=Cc1cnn(-c2nc(NC3CC3)c3cc(Cc4ccccc4)ccc3n2)c1. The molecule has 0 aliphatic heterocycles. The molecule has 28 heavy (non-hydrogen) atoms. The van der Waals surface area contributed by atoms with Crippen LogP contribution in [0.4, 0.5) is 5.82 Å². The van der Waals surface area contributed by atoms with Gasteiger partial charge < -0.3 is 5.32 Å². The van der Waals surface area contributed by atoms with Crippen molar-refractivity contribution in [3.63, 3.8) is 0 Å². The van der Waals surface area contributed by atoms with Gasteiger partial charge in [-0.05, 0) is 42.5 Å². The minimum absolute atomic E-state index is 0.458. The minimum Gasteiger partial charge on any atom is -0.367 e. The number of benzene rings is 2. The van der Waals surface area contributed by atoms with Gasteiger partial charge >= 0.3 is 0 Å². The number of aldehydes is 1. The molecule has 0 saturated heterocycles. The van der Waals surface area contributed by atoms with E-state index in [1.54, 1.807) is 10.9 Å². The molecule has 138 valence electrons. The largest absolute Gasteiger partial charge is 0.367 e. The molecule has 2 aromatic heterocycles. The van der Waals surface area contributed by atoms with Crippen molar-refractivity contribution >= 4 is 23.0 Å². The van der Waals surface area contributed by atoms with E-state index >= 15 is 0 Å². The molecular formula is C22H19N5O. The summed E-state index contributed by atoms with van der Waals surface area (Å²) in [5.41, 5.74) is 3.84. The van der Waals surface area contributed by atoms with E-state index in [2.05, 4.69) is 51.8 Å². The predicted molar refractivity (Wildman–Crippen MR) is 108 cm³/mol. The second-order valence-corrected chi connectivity index (χ2v) is 7.14. The van der Waals surface area contributed by atoms with Crippen LogP contribution in [0.25, 0.3) is 16.9 Å². The normalized spacial score (nSPS) is 13.6. The van der Waals surface area contributed by atoms with Crippen molar-refractivity contribution < 1.29 is 4.79 Å². The molecule has 2 heterocycles. The van der Waals surface area contributed by atoms with E-state index in [-0.39, 0.29) is 0 Å². The summed E-state index contributed by atoms with van der Waals surface area (Å²) < 4.78 is 1.54. The number of aromatic nitrogens is 4. The fourth-order valence-corrected chi connectivity index (χ4v) is 3.25. The van der Waals surface area contributed by atoms with Gasteiger partial charge in [0.05, 0.1) is 17.3 Å². The lowest BCUT2D eigenvalue weighted by Gasteiger charge is -2.11. The summed E-state index contributed by atoms with van der Waals surface area (Å²) in [7, 11) is 0. The van der Waals surface area contributed by atoms with E-state index in [0.29, 0.717) is 17.6 Å². The van der Waals surface area contributed by atoms with Gasteiger partial charge in [-0.2, -0.15) is 10.1 Å². The molecule has 1 N–H and O–H groups in total. The molecule has 2 aromatic carbocycles. The zero-order chi connectivity index (χ0) is 18.9. The van der Waals surface area contributed by atoms with Gasteiger partial charge in [-0.3, -0.25) is 4.79 Å². The number of anilines is 1. The van der Waals surface area contributed by atoms with Crippen molar-refractivity contribution in [1.82, 2.24) is 19.7 Å². The first-order valence-corrected chi connectivity index (χ1v) is 9.40. The fourth-order valence-electron chi connectivity index (χ4n) is 3.25. The van der Waals surface area contributed by atoms with E-state index in [0.717, 1.165) is 42.3 Å². The fraction of sp³-hybridized carbons (Fsp3) is 0.182. The van der Waals surface area contributed by atoms with Crippen molar-refractivity contribution in [3.8, 4) is 5.95 Å². The highest BCUT2D eigenvalue weighted by atomic mass is 16.1. The third-order valence-electron chi connectivity index (χ3n) is 4.86. The number of hydrogen-bond donors (Lipinski definition) is 1. The van der Waals surface area contributed by atoms with Crippen LogP contribution in [-0.2, 0) is 6.42 Å². The van der Waals surface area contributed by atoms with Gasteiger partial charge in [0.2, 0.25) is 0 Å². The first kappa shape index (κ1) is 16.6. The Balaban J connectivity index is 1.57. The number of hydrogen-bond acceptors (Lipinski definition) is 5. The summed E-state index contributed by atoms with van der Waals surface area (Å²) in [6.07, 6.45) is 7.09. The van der Waals surface area contributed by atoms with Crippen LogP contribution in [0.5, 0.6) is 0 Å². The summed E-state index contributed by atoms with van der Waals surface area (Å²) in [6, 6.07) is 17.2. The number of rotatable bonds is 6. The van der Waals surface area contributed by atoms with Crippen LogP contribution in [0, 0.1) is 0 Å². The highest BCUT2D eigenvalue weighted by Crippen LogP contribution is 2.29. The minimum atomic E-state index is 0.458. The second kappa shape index (κ2) is 6.88. The quantitative estimate of drug-likeness (QED) is 0.524. The number of carbonyl (C=O) groups is 1. The molecule has 1 aliphatic rings. The lowest BCUT2D eigenvalue weighted by atomic mass is 10.0. The van der Waals surface area contributed by atoms with Gasteiger partial charge in [-0.25, -0.2) is 9.67 Å². The van der Waals surface area contributed by atoms with Gasteiger partial charge in [-0.1, -0.05) is 36.4 Å². The van der Waals surface area contributed by atoms with Crippen molar-refractivity contribution in [2.24, 2.45) is 0 Å². The molecule has 0 amide bonds. The molecule has 1 aliphatic carbocycles. The molecule has 0 bridgehead atoms. The zero-order valence-corrected chi connectivity index (χ0v) is 15.2. The molecule has 0 radical (unpaired) electrons. The predicted octanol–water partition coefficient (Wildman–Crippen LogP) is 3.79. The molecule has 6 heteroatoms. The maximum absolute atomic E-state index is 11.0. The average Bonchev–Trinajstić information content (AvgIpc) is 3.41. The van der Waals surface area contributed by atoms with Crippen LogP contribution in [-0.4, -0.2) is 32.1 Å². The highest BCUT2D eigenvalue weighted by molar-refractivity contribution is 5.90. The maximum Gasteiger partial charge on any atom is 0.253 e. The summed E-state index contributed by atoms with van der Waals surface area (Å²) in [5.74, 6) is 1.28. The summed E-state index contributed by atoms with van der Waals surface area (Å²) in [4.78, 5) is 20.3. The van der Waals surface area contributed by atoms with Crippen LogP contribution in [0.1, 0.15) is 34.3 Å². The Hall–Kier alpha value is -3.54. The standard InChI is InChI=1S/C22H19N5O/c28-14-17-12-23-27(13-17)22-25-20-9-6-16(10-15-4-2-1-3-5-15)11-19(20)21(26-22)24-18-7-8-18/h1-6,9,11-14,18H,7-8,10H2,(H,24,25,26). The van der Waals surface area contributed by atoms with Gasteiger partial charge in [0, 0.05) is 17.6 Å². The molecule has 1 saturated carbocycles. The van der Waals surface area contributed by atoms with Crippen LogP contribution in [0.3, 0.4) is 0 Å². The first-order valence-electron chi connectivity index (χ1n) is 9.40. The molecular weight excluding hydrogens is 350 g/mol. The van der Waals surface area contributed by atoms with Crippen molar-refractivity contribution in [2.45, 2.75) is 25.3 Å². The van der Waals surface area contributed by atoms with Crippen molar-refractivity contribution in [3.05, 3.63) is 77.6 Å². The molecule has 0 spiro atoms. The summed E-state index contributed by atoms with van der Waals surface area (Å²) >= 11 is 0. The lowest BCUT2D eigenvalue weighted by molar-refractivity contribution is 0.112. The third kappa shape index (κ3) is 3.36. The molecule has 1 fully saturated rings. The molecule has 4 aromatic rings. The van der Waals surface area contributed by atoms with Crippen LogP contribution in [0.15, 0.2) is 60.9 Å². The van der Waals surface area contributed by atoms with Gasteiger partial charge in [-0.15, -0.1) is 0 Å². The number of nitrogens with one attached hydrogen (secondary N) is 1. The number of carbonyl (C=O) groups excluding carboxylic acids is 1. The average molecular weight is 369 g/mol. The highest BCUT2D eigenvalue weighted by Gasteiger charge is 2.23. The Bertz CT molecular complexity index is 1150. The summed E-state index contributed by atoms with van der Waals surface area (Å²) in [6.45, 7) is 0. The molecule has 0 atom stereocenters. The summed E-state index contributed by atoms with van der Waals surface area (Å²) in [5, 5.41) is 8.73. The molecule has 5 rings (SSSR count). The number of nitrogens with zero attached hydrogens (tertiary/aromatic N) is 4. The van der Waals surface area contributed by atoms with Gasteiger partial charge in [0.15, 0.2) is 6.29 Å². The molecule has 0 unspecified atom stereocenters. The van der Waals surface area contributed by atoms with E-state index in [4.69, 9.17) is 4.98 Å². The Kier molecular flexibility index (Phi) is 4.09. The smallest absolute Gasteiger partial charge is 0.253 e. The Labute approximate surface area is 162 Å². The van der Waals surface area contributed by atoms with E-state index in [1.807, 2.05) is 12.1 Å². The number of fused-ring (bicyclic) bond motifs is 1. The third-order valence-corrected chi connectivity index (χ3v) is 4.86. The van der Waals surface area contributed by atoms with Gasteiger partial charge in [0.1, 0.15) is 5.82 Å². The van der Waals surface area contributed by atoms with E-state index < -0.39 is 0 Å². The topological polar surface area (TPSA) is 72.7 Å². The van der Waals surface area contributed by atoms with E-state index in [9.17, 15) is 4.79 Å². The van der Waals surface area contributed by atoms with Crippen molar-refractivity contribution in [1.29, 1.82) is 0 Å². The Morgan fingerprint density at radius 3 is 2.68 bits per heavy atom. The van der Waals surface area contributed by atoms with Crippen LogP contribution in [0.2, 0.25) is 0 Å². The zero-order valence-electron chi connectivity index (χ0n) is 15.2. The first-order chi connectivity index (χ1) is 13.8. The molecule has 6 nitrogen and oxygen atoms in total. The van der Waals surface area contributed by atoms with Crippen molar-refractivity contribution in [2.75, 3.05) is 5.32 Å². The van der Waals surface area contributed by atoms with Crippen LogP contribution >= 0.6 is 0 Å². The Morgan fingerprint density at radius 2 is 1.93 bits per heavy atom. The van der Waals surface area contributed by atoms with Gasteiger partial charge in [0.25, 0.3) is 5.95 Å². The Morgan fingerprint density at radius 1 is 1.07 bits per heavy atom. The maximum atomic E-state index is 11.0. The van der Waals surface area contributed by atoms with E-state index in [1.165, 1.54) is 17.3 Å².